The lowest BCUT2D eigenvalue weighted by Crippen LogP contribution is -2.51. The van der Waals surface area contributed by atoms with Gasteiger partial charge in [0.25, 0.3) is 11.4 Å². The van der Waals surface area contributed by atoms with Gasteiger partial charge in [-0.05, 0) is 23.7 Å². The van der Waals surface area contributed by atoms with Crippen molar-refractivity contribution in [3.8, 4) is 9.85 Å². The number of hydrogen-bond donors (Lipinski definition) is 1. The summed E-state index contributed by atoms with van der Waals surface area (Å²) in [6.07, 6.45) is 0. The molecule has 0 bridgehead atoms. The van der Waals surface area contributed by atoms with Crippen LogP contribution in [0.5, 0.6) is 0 Å². The fourth-order valence-electron chi connectivity index (χ4n) is 1.24. The Kier molecular flexibility index (Phi) is 3.99. The molecule has 1 rings (SSSR count). The van der Waals surface area contributed by atoms with Gasteiger partial charge < -0.3 is 14.6 Å². The van der Waals surface area contributed by atoms with Crippen LogP contribution >= 0.6 is 22.6 Å². The third-order valence-corrected chi connectivity index (χ3v) is 2.14. The van der Waals surface area contributed by atoms with Crippen LogP contribution in [0.1, 0.15) is 13.8 Å². The van der Waals surface area contributed by atoms with Gasteiger partial charge in [0.05, 0.1) is 13.2 Å². The minimum atomic E-state index is -1.80. The number of ether oxygens (including phenoxy) is 2. The number of carbonyl (C=O) groups excluding carboxylic acids is 1. The zero-order valence-electron chi connectivity index (χ0n) is 8.46. The minimum Gasteiger partial charge on any atom is -0.490 e. The molecule has 0 heterocycles. The molecule has 1 atom stereocenters. The molecule has 0 aliphatic heterocycles. The summed E-state index contributed by atoms with van der Waals surface area (Å²) in [5.41, 5.74) is -1.80. The molecule has 0 saturated heterocycles. The van der Waals surface area contributed by atoms with Gasteiger partial charge in [-0.2, -0.15) is 0 Å². The van der Waals surface area contributed by atoms with Gasteiger partial charge in [0, 0.05) is 22.6 Å². The monoisotopic (exact) mass is 322 g/mol. The van der Waals surface area contributed by atoms with Crippen LogP contribution in [0.4, 0.5) is 0 Å². The Hall–Kier alpha value is -0.740. The summed E-state index contributed by atoms with van der Waals surface area (Å²) in [4.78, 5) is 11.5. The Morgan fingerprint density at radius 3 is 2.47 bits per heavy atom. The van der Waals surface area contributed by atoms with E-state index in [4.69, 9.17) is 9.47 Å². The SMILES string of the molecule is CCOC1=C(OCC)C(O)(C#CI)C1=O. The Morgan fingerprint density at radius 1 is 1.40 bits per heavy atom. The summed E-state index contributed by atoms with van der Waals surface area (Å²) < 4.78 is 12.7. The van der Waals surface area contributed by atoms with Gasteiger partial charge >= 0.3 is 0 Å². The highest BCUT2D eigenvalue weighted by Gasteiger charge is 2.56. The molecule has 15 heavy (non-hydrogen) atoms. The average Bonchev–Trinajstić information content (AvgIpc) is 2.23. The highest BCUT2D eigenvalue weighted by molar-refractivity contribution is 14.1. The fraction of sp³-hybridized carbons (Fsp3) is 0.500. The van der Waals surface area contributed by atoms with E-state index in [0.717, 1.165) is 0 Å². The van der Waals surface area contributed by atoms with E-state index in [0.29, 0.717) is 13.2 Å². The van der Waals surface area contributed by atoms with Crippen molar-refractivity contribution in [2.24, 2.45) is 0 Å². The summed E-state index contributed by atoms with van der Waals surface area (Å²) in [6, 6.07) is 0. The maximum Gasteiger partial charge on any atom is 0.255 e. The predicted octanol–water partition coefficient (Wildman–Crippen LogP) is 0.981. The molecule has 0 amide bonds. The first kappa shape index (κ1) is 12.3. The molecular weight excluding hydrogens is 311 g/mol. The molecule has 0 fully saturated rings. The van der Waals surface area contributed by atoms with Crippen molar-refractivity contribution in [2.45, 2.75) is 19.4 Å². The molecule has 1 unspecified atom stereocenters. The summed E-state index contributed by atoms with van der Waals surface area (Å²) in [5, 5.41) is 9.88. The largest absolute Gasteiger partial charge is 0.490 e. The molecule has 0 radical (unpaired) electrons. The molecule has 1 aliphatic rings. The number of ketones is 1. The molecule has 1 aliphatic carbocycles. The predicted molar refractivity (Wildman–Crippen MR) is 62.0 cm³/mol. The maximum atomic E-state index is 11.5. The number of halogens is 1. The van der Waals surface area contributed by atoms with Crippen molar-refractivity contribution in [1.29, 1.82) is 0 Å². The first-order chi connectivity index (χ1) is 7.11. The smallest absolute Gasteiger partial charge is 0.255 e. The second-order valence-corrected chi connectivity index (χ2v) is 3.32. The van der Waals surface area contributed by atoms with Crippen LogP contribution < -0.4 is 0 Å². The first-order valence-corrected chi connectivity index (χ1v) is 5.60. The van der Waals surface area contributed by atoms with E-state index in [9.17, 15) is 9.90 Å². The van der Waals surface area contributed by atoms with Gasteiger partial charge in [-0.15, -0.1) is 0 Å². The molecule has 0 aromatic heterocycles. The summed E-state index contributed by atoms with van der Waals surface area (Å²) >= 11 is 1.75. The maximum absolute atomic E-state index is 11.5. The van der Waals surface area contributed by atoms with Crippen LogP contribution in [0, 0.1) is 9.85 Å². The van der Waals surface area contributed by atoms with Gasteiger partial charge in [0.15, 0.2) is 5.76 Å². The van der Waals surface area contributed by atoms with E-state index in [-0.39, 0.29) is 11.5 Å². The van der Waals surface area contributed by atoms with Gasteiger partial charge in [-0.1, -0.05) is 0 Å². The Bertz CT molecular complexity index is 363. The lowest BCUT2D eigenvalue weighted by Gasteiger charge is -2.33. The number of hydrogen-bond acceptors (Lipinski definition) is 4. The van der Waals surface area contributed by atoms with E-state index in [2.05, 4.69) is 9.85 Å². The van der Waals surface area contributed by atoms with Crippen molar-refractivity contribution in [3.05, 3.63) is 11.5 Å². The molecular formula is C10H11IO4. The van der Waals surface area contributed by atoms with E-state index >= 15 is 0 Å². The topological polar surface area (TPSA) is 55.8 Å². The molecule has 82 valence electrons. The van der Waals surface area contributed by atoms with Crippen LogP contribution in [-0.4, -0.2) is 29.7 Å². The lowest BCUT2D eigenvalue weighted by molar-refractivity contribution is -0.140. The van der Waals surface area contributed by atoms with E-state index in [1.807, 2.05) is 0 Å². The lowest BCUT2D eigenvalue weighted by atomic mass is 9.84. The second-order valence-electron chi connectivity index (χ2n) is 2.78. The highest BCUT2D eigenvalue weighted by atomic mass is 127. The quantitative estimate of drug-likeness (QED) is 0.619. The van der Waals surface area contributed by atoms with Crippen LogP contribution in [0.15, 0.2) is 11.5 Å². The summed E-state index contributed by atoms with van der Waals surface area (Å²) in [5.74, 6) is 2.09. The minimum absolute atomic E-state index is 0.0843. The Morgan fingerprint density at radius 2 is 2.00 bits per heavy atom. The van der Waals surface area contributed by atoms with Gasteiger partial charge in [0.2, 0.25) is 5.76 Å². The van der Waals surface area contributed by atoms with Crippen LogP contribution in [-0.2, 0) is 14.3 Å². The third kappa shape index (κ3) is 1.96. The first-order valence-electron chi connectivity index (χ1n) is 4.52. The van der Waals surface area contributed by atoms with Crippen molar-refractivity contribution in [3.63, 3.8) is 0 Å². The Labute approximate surface area is 102 Å². The zero-order chi connectivity index (χ0) is 11.5. The summed E-state index contributed by atoms with van der Waals surface area (Å²) in [7, 11) is 0. The number of Topliss-reactive ketones (excluding diaryl/α,β-unsaturated/α-hetero) is 1. The fourth-order valence-corrected chi connectivity index (χ4v) is 1.63. The summed E-state index contributed by atoms with van der Waals surface area (Å²) in [6.45, 7) is 4.22. The van der Waals surface area contributed by atoms with Gasteiger partial charge in [-0.3, -0.25) is 4.79 Å². The molecule has 4 nitrogen and oxygen atoms in total. The number of aliphatic hydroxyl groups is 1. The van der Waals surface area contributed by atoms with Crippen LogP contribution in [0.25, 0.3) is 0 Å². The normalized spacial score (nSPS) is 24.1. The molecule has 5 heteroatoms. The molecule has 0 spiro atoms. The van der Waals surface area contributed by atoms with Crippen molar-refractivity contribution in [2.75, 3.05) is 13.2 Å². The van der Waals surface area contributed by atoms with E-state index in [1.54, 1.807) is 36.4 Å². The number of rotatable bonds is 4. The number of carbonyl (C=O) groups is 1. The molecule has 0 aromatic carbocycles. The molecule has 0 aromatic rings. The molecule has 1 N–H and O–H groups in total. The second kappa shape index (κ2) is 4.86. The standard InChI is InChI=1S/C10H11IO4/c1-3-14-7-8(12)10(13,5-6-11)9(7)15-4-2/h13H,3-4H2,1-2H3. The average molecular weight is 322 g/mol. The van der Waals surface area contributed by atoms with Crippen molar-refractivity contribution >= 4 is 28.4 Å². The Balaban J connectivity index is 3.04. The van der Waals surface area contributed by atoms with Crippen LogP contribution in [0.2, 0.25) is 0 Å². The highest BCUT2D eigenvalue weighted by Crippen LogP contribution is 2.36. The van der Waals surface area contributed by atoms with Gasteiger partial charge in [0.1, 0.15) is 0 Å². The third-order valence-electron chi connectivity index (χ3n) is 1.88. The van der Waals surface area contributed by atoms with Crippen molar-refractivity contribution < 1.29 is 19.4 Å². The van der Waals surface area contributed by atoms with Crippen LogP contribution in [0.3, 0.4) is 0 Å². The van der Waals surface area contributed by atoms with Gasteiger partial charge in [-0.25, -0.2) is 0 Å². The van der Waals surface area contributed by atoms with E-state index < -0.39 is 11.4 Å². The van der Waals surface area contributed by atoms with E-state index in [1.165, 1.54) is 0 Å². The molecule has 0 saturated carbocycles. The van der Waals surface area contributed by atoms with Crippen molar-refractivity contribution in [1.82, 2.24) is 0 Å². The zero-order valence-corrected chi connectivity index (χ0v) is 10.6.